The highest BCUT2D eigenvalue weighted by atomic mass is 79.9. The lowest BCUT2D eigenvalue weighted by Gasteiger charge is -2.27. The minimum Gasteiger partial charge on any atom is -0.488 e. The molecule has 0 atom stereocenters. The van der Waals surface area contributed by atoms with Crippen LogP contribution < -0.4 is 15.0 Å². The van der Waals surface area contributed by atoms with Gasteiger partial charge in [0.15, 0.2) is 0 Å². The highest BCUT2D eigenvalue weighted by molar-refractivity contribution is 9.10. The fraction of sp³-hybridized carbons (Fsp3) is 0.0800. The molecule has 1 aliphatic heterocycles. The molecular formula is C25H14BrClF4N2O4. The number of ether oxygens (including phenoxy) is 1. The van der Waals surface area contributed by atoms with Gasteiger partial charge in [-0.3, -0.25) is 14.9 Å². The molecule has 3 aromatic carbocycles. The average Bonchev–Trinajstić information content (AvgIpc) is 2.82. The molecule has 1 saturated heterocycles. The fourth-order valence-electron chi connectivity index (χ4n) is 3.40. The van der Waals surface area contributed by atoms with E-state index in [9.17, 15) is 31.9 Å². The molecule has 0 aliphatic carbocycles. The number of halogens is 6. The molecule has 1 N–H and O–H groups in total. The van der Waals surface area contributed by atoms with E-state index in [1.807, 2.05) is 5.32 Å². The molecule has 3 aromatic rings. The number of urea groups is 1. The summed E-state index contributed by atoms with van der Waals surface area (Å²) < 4.78 is 59.4. The number of anilines is 1. The molecule has 12 heteroatoms. The van der Waals surface area contributed by atoms with Gasteiger partial charge < -0.3 is 4.74 Å². The maximum absolute atomic E-state index is 13.8. The largest absolute Gasteiger partial charge is 0.488 e. The number of nitrogens with zero attached hydrogens (tertiary/aromatic N) is 1. The third-order valence-electron chi connectivity index (χ3n) is 5.22. The molecule has 0 aromatic heterocycles. The Kier molecular flexibility index (Phi) is 7.37. The van der Waals surface area contributed by atoms with Gasteiger partial charge in [0.25, 0.3) is 11.8 Å². The van der Waals surface area contributed by atoms with E-state index >= 15 is 0 Å². The van der Waals surface area contributed by atoms with Crippen LogP contribution >= 0.6 is 27.5 Å². The monoisotopic (exact) mass is 596 g/mol. The number of barbiturate groups is 1. The molecule has 190 valence electrons. The molecule has 0 bridgehead atoms. The van der Waals surface area contributed by atoms with Gasteiger partial charge >= 0.3 is 12.2 Å². The minimum atomic E-state index is -4.76. The van der Waals surface area contributed by atoms with Gasteiger partial charge in [-0.05, 0) is 64.0 Å². The molecular weight excluding hydrogens is 584 g/mol. The predicted octanol–water partition coefficient (Wildman–Crippen LogP) is 6.51. The lowest BCUT2D eigenvalue weighted by atomic mass is 10.1. The molecule has 6 nitrogen and oxygen atoms in total. The average molecular weight is 598 g/mol. The number of carbonyl (C=O) groups excluding carboxylic acids is 3. The summed E-state index contributed by atoms with van der Waals surface area (Å²) in [5.41, 5.74) is -1.52. The normalized spacial score (nSPS) is 15.2. The van der Waals surface area contributed by atoms with Crippen molar-refractivity contribution in [3.05, 3.63) is 98.2 Å². The van der Waals surface area contributed by atoms with Crippen molar-refractivity contribution >= 4 is 57.1 Å². The minimum absolute atomic E-state index is 0.0541. The van der Waals surface area contributed by atoms with E-state index < -0.39 is 46.7 Å². The van der Waals surface area contributed by atoms with Crippen LogP contribution in [0.5, 0.6) is 5.75 Å². The van der Waals surface area contributed by atoms with Gasteiger partial charge in [-0.2, -0.15) is 13.2 Å². The number of imide groups is 2. The first-order valence-electron chi connectivity index (χ1n) is 10.4. The van der Waals surface area contributed by atoms with E-state index in [4.69, 9.17) is 16.3 Å². The Bertz CT molecular complexity index is 1460. The summed E-state index contributed by atoms with van der Waals surface area (Å²) in [6, 6.07) is 11.5. The number of amides is 4. The van der Waals surface area contributed by atoms with Crippen molar-refractivity contribution < 1.29 is 36.7 Å². The van der Waals surface area contributed by atoms with E-state index in [1.165, 1.54) is 24.3 Å². The van der Waals surface area contributed by atoms with Crippen LogP contribution in [0.25, 0.3) is 6.08 Å². The third kappa shape index (κ3) is 5.67. The summed E-state index contributed by atoms with van der Waals surface area (Å²) in [5, 5.41) is 1.63. The Morgan fingerprint density at radius 2 is 1.76 bits per heavy atom. The summed E-state index contributed by atoms with van der Waals surface area (Å²) in [6.07, 6.45) is -3.60. The zero-order valence-electron chi connectivity index (χ0n) is 18.4. The summed E-state index contributed by atoms with van der Waals surface area (Å²) in [4.78, 5) is 38.3. The van der Waals surface area contributed by atoms with Crippen LogP contribution in [0.15, 0.2) is 70.7 Å². The van der Waals surface area contributed by atoms with E-state index in [-0.39, 0.29) is 11.6 Å². The van der Waals surface area contributed by atoms with Crippen molar-refractivity contribution in [2.75, 3.05) is 4.90 Å². The SMILES string of the molecule is O=C1NC(=O)N(c2cc(C(F)(F)F)ccc2Cl)C(=O)/C1=C\c1ccc(OCc2ccccc2F)c(Br)c1. The number of nitrogens with one attached hydrogen (secondary N) is 1. The number of hydrogen-bond acceptors (Lipinski definition) is 4. The Morgan fingerprint density at radius 3 is 2.43 bits per heavy atom. The highest BCUT2D eigenvalue weighted by Crippen LogP contribution is 2.37. The van der Waals surface area contributed by atoms with Crippen molar-refractivity contribution in [2.45, 2.75) is 12.8 Å². The van der Waals surface area contributed by atoms with Gasteiger partial charge in [0.1, 0.15) is 23.7 Å². The molecule has 4 rings (SSSR count). The van der Waals surface area contributed by atoms with Crippen molar-refractivity contribution in [3.8, 4) is 5.75 Å². The van der Waals surface area contributed by atoms with Crippen molar-refractivity contribution in [1.29, 1.82) is 0 Å². The molecule has 0 radical (unpaired) electrons. The fourth-order valence-corrected chi connectivity index (χ4v) is 4.11. The van der Waals surface area contributed by atoms with Crippen LogP contribution in [-0.4, -0.2) is 17.8 Å². The predicted molar refractivity (Wildman–Crippen MR) is 130 cm³/mol. The van der Waals surface area contributed by atoms with E-state index in [2.05, 4.69) is 15.9 Å². The van der Waals surface area contributed by atoms with Crippen LogP contribution in [0.4, 0.5) is 28.0 Å². The van der Waals surface area contributed by atoms with Crippen LogP contribution in [0.3, 0.4) is 0 Å². The highest BCUT2D eigenvalue weighted by Gasteiger charge is 2.39. The first-order chi connectivity index (χ1) is 17.5. The maximum atomic E-state index is 13.8. The summed E-state index contributed by atoms with van der Waals surface area (Å²) in [5.74, 6) is -2.28. The topological polar surface area (TPSA) is 75.7 Å². The second-order valence-electron chi connectivity index (χ2n) is 7.69. The Labute approximate surface area is 220 Å². The zero-order valence-corrected chi connectivity index (χ0v) is 20.7. The quantitative estimate of drug-likeness (QED) is 0.207. The molecule has 4 amide bonds. The lowest BCUT2D eigenvalue weighted by Crippen LogP contribution is -2.54. The van der Waals surface area contributed by atoms with Crippen LogP contribution in [0.1, 0.15) is 16.7 Å². The Hall–Kier alpha value is -3.70. The van der Waals surface area contributed by atoms with Crippen LogP contribution in [0, 0.1) is 5.82 Å². The van der Waals surface area contributed by atoms with Crippen LogP contribution in [-0.2, 0) is 22.4 Å². The van der Waals surface area contributed by atoms with Crippen molar-refractivity contribution in [3.63, 3.8) is 0 Å². The summed E-state index contributed by atoms with van der Waals surface area (Å²) in [7, 11) is 0. The standard InChI is InChI=1S/C25H14BrClF4N2O4/c26-17-10-13(5-8-21(17)37-12-14-3-1-2-4-19(14)28)9-16-22(34)32-24(36)33(23(16)35)20-11-15(25(29,30)31)6-7-18(20)27/h1-11H,12H2,(H,32,34,36)/b16-9-. The first-order valence-corrected chi connectivity index (χ1v) is 11.6. The van der Waals surface area contributed by atoms with E-state index in [0.717, 1.165) is 12.1 Å². The number of hydrogen-bond donors (Lipinski definition) is 1. The van der Waals surface area contributed by atoms with Gasteiger partial charge in [-0.1, -0.05) is 35.9 Å². The summed E-state index contributed by atoms with van der Waals surface area (Å²) >= 11 is 9.29. The molecule has 0 saturated carbocycles. The second kappa shape index (κ2) is 10.3. The number of carbonyl (C=O) groups is 3. The maximum Gasteiger partial charge on any atom is 0.416 e. The van der Waals surface area contributed by atoms with Crippen molar-refractivity contribution in [1.82, 2.24) is 5.32 Å². The molecule has 1 heterocycles. The van der Waals surface area contributed by atoms with Gasteiger partial charge in [0, 0.05) is 5.56 Å². The zero-order chi connectivity index (χ0) is 26.9. The van der Waals surface area contributed by atoms with E-state index in [1.54, 1.807) is 18.2 Å². The first kappa shape index (κ1) is 26.4. The third-order valence-corrected chi connectivity index (χ3v) is 6.16. The number of benzene rings is 3. The molecule has 0 unspecified atom stereocenters. The van der Waals surface area contributed by atoms with Gasteiger partial charge in [0.2, 0.25) is 0 Å². The molecule has 37 heavy (non-hydrogen) atoms. The van der Waals surface area contributed by atoms with Gasteiger partial charge in [0.05, 0.1) is 20.7 Å². The number of rotatable bonds is 5. The van der Waals surface area contributed by atoms with Gasteiger partial charge in [-0.15, -0.1) is 0 Å². The molecule has 1 fully saturated rings. The van der Waals surface area contributed by atoms with E-state index in [0.29, 0.717) is 38.4 Å². The van der Waals surface area contributed by atoms with Gasteiger partial charge in [-0.25, -0.2) is 14.1 Å². The van der Waals surface area contributed by atoms with Crippen LogP contribution in [0.2, 0.25) is 5.02 Å². The molecule has 0 spiro atoms. The van der Waals surface area contributed by atoms with Crippen molar-refractivity contribution in [2.24, 2.45) is 0 Å². The summed E-state index contributed by atoms with van der Waals surface area (Å²) in [6.45, 7) is -0.0541. The Balaban J connectivity index is 1.62. The number of alkyl halides is 3. The lowest BCUT2D eigenvalue weighted by molar-refractivity contribution is -0.137. The smallest absolute Gasteiger partial charge is 0.416 e. The second-order valence-corrected chi connectivity index (χ2v) is 8.95. The Morgan fingerprint density at radius 1 is 1.03 bits per heavy atom. The molecule has 1 aliphatic rings.